The van der Waals surface area contributed by atoms with Crippen LogP contribution >= 0.6 is 0 Å². The lowest BCUT2D eigenvalue weighted by Gasteiger charge is -2.48. The third-order valence-electron chi connectivity index (χ3n) is 12.2. The van der Waals surface area contributed by atoms with Crippen LogP contribution in [0.25, 0.3) is 0 Å². The first-order chi connectivity index (χ1) is 32.1. The molecule has 0 aliphatic carbocycles. The van der Waals surface area contributed by atoms with Gasteiger partial charge in [-0.1, -0.05) is 44.6 Å². The normalized spacial score (nSPS) is 36.4. The van der Waals surface area contributed by atoms with Crippen molar-refractivity contribution in [3.8, 4) is 0 Å². The van der Waals surface area contributed by atoms with E-state index in [-0.39, 0.29) is 31.8 Å². The Morgan fingerprint density at radius 1 is 0.809 bits per heavy atom. The monoisotopic (exact) mass is 965 g/mol. The number of carbonyl (C=O) groups excluding carboxylic acids is 6. The SMILES string of the molecule is CCOC(=O)/C=C/C[C@H]1C[C@@H](C)C(=O)/C=C/C(C)=C/[C@H](CO[C@@H]2O[C@H](C)[C@@H](OC(C)=O)[C@@H](OC)[C@H]2OC)[C@@H](CC)OC(=O)/C=C(\O)[C@H](C)[C@H]1O[C@H]1O[C@@H](C)[C@H](OC(C)=O)[C@@H](N(C)C)[C@@H]1OC(C)=O. The van der Waals surface area contributed by atoms with E-state index in [1.54, 1.807) is 72.7 Å². The van der Waals surface area contributed by atoms with Crippen LogP contribution in [0.3, 0.4) is 0 Å². The molecule has 0 aromatic carbocycles. The van der Waals surface area contributed by atoms with Crippen LogP contribution in [0.15, 0.2) is 47.8 Å². The average molecular weight is 966 g/mol. The number of nitrogens with zero attached hydrogens (tertiary/aromatic N) is 1. The van der Waals surface area contributed by atoms with Gasteiger partial charge in [-0.2, -0.15) is 0 Å². The van der Waals surface area contributed by atoms with Crippen LogP contribution in [0.5, 0.6) is 0 Å². The maximum Gasteiger partial charge on any atom is 0.334 e. The molecule has 3 heterocycles. The Kier molecular flexibility index (Phi) is 23.5. The summed E-state index contributed by atoms with van der Waals surface area (Å²) in [5, 5.41) is 11.9. The molecule has 0 amide bonds. The Balaban J connectivity index is 2.14. The van der Waals surface area contributed by atoms with Gasteiger partial charge in [-0.05, 0) is 73.0 Å². The highest BCUT2D eigenvalue weighted by Crippen LogP contribution is 2.37. The van der Waals surface area contributed by atoms with Gasteiger partial charge >= 0.3 is 29.8 Å². The van der Waals surface area contributed by atoms with Gasteiger partial charge in [0.05, 0.1) is 43.6 Å². The zero-order chi connectivity index (χ0) is 51.0. The molecule has 0 aromatic heterocycles. The molecule has 0 radical (unpaired) electrons. The highest BCUT2D eigenvalue weighted by molar-refractivity contribution is 5.91. The summed E-state index contributed by atoms with van der Waals surface area (Å²) in [4.78, 5) is 79.0. The molecule has 68 heavy (non-hydrogen) atoms. The van der Waals surface area contributed by atoms with Crippen molar-refractivity contribution < 1.29 is 86.0 Å². The van der Waals surface area contributed by atoms with Gasteiger partial charge in [0.15, 0.2) is 30.6 Å². The smallest absolute Gasteiger partial charge is 0.334 e. The lowest BCUT2D eigenvalue weighted by atomic mass is 9.81. The number of aliphatic hydroxyl groups excluding tert-OH is 1. The molecule has 384 valence electrons. The summed E-state index contributed by atoms with van der Waals surface area (Å²) in [5.41, 5.74) is 0.649. The topological polar surface area (TPSA) is 227 Å². The van der Waals surface area contributed by atoms with E-state index in [1.165, 1.54) is 47.1 Å². The Morgan fingerprint density at radius 2 is 1.40 bits per heavy atom. The molecule has 1 N–H and O–H groups in total. The number of likely N-dealkylation sites (N-methyl/N-ethyl adjacent to an activating group) is 1. The second-order valence-corrected chi connectivity index (χ2v) is 17.8. The van der Waals surface area contributed by atoms with Crippen LogP contribution in [0.4, 0.5) is 0 Å². The van der Waals surface area contributed by atoms with E-state index in [0.29, 0.717) is 12.0 Å². The van der Waals surface area contributed by atoms with Crippen molar-refractivity contribution in [2.75, 3.05) is 41.5 Å². The summed E-state index contributed by atoms with van der Waals surface area (Å²) in [6.07, 6.45) is -0.768. The Labute approximate surface area is 400 Å². The highest BCUT2D eigenvalue weighted by Gasteiger charge is 2.52. The van der Waals surface area contributed by atoms with Gasteiger partial charge in [0, 0.05) is 58.8 Å². The highest BCUT2D eigenvalue weighted by atomic mass is 16.7. The second-order valence-electron chi connectivity index (χ2n) is 17.8. The third-order valence-corrected chi connectivity index (χ3v) is 12.2. The lowest BCUT2D eigenvalue weighted by Crippen LogP contribution is -2.65. The maximum atomic E-state index is 14.0. The van der Waals surface area contributed by atoms with Gasteiger partial charge in [-0.3, -0.25) is 24.1 Å². The molecule has 3 aliphatic heterocycles. The summed E-state index contributed by atoms with van der Waals surface area (Å²) in [7, 11) is 6.36. The van der Waals surface area contributed by atoms with Crippen molar-refractivity contribution in [1.82, 2.24) is 4.90 Å². The maximum absolute atomic E-state index is 14.0. The summed E-state index contributed by atoms with van der Waals surface area (Å²) in [5.74, 6) is -6.85. The molecular formula is C49H75NO18. The summed E-state index contributed by atoms with van der Waals surface area (Å²) >= 11 is 0. The first-order valence-corrected chi connectivity index (χ1v) is 23.2. The number of methoxy groups -OCH3 is 2. The van der Waals surface area contributed by atoms with E-state index >= 15 is 0 Å². The molecule has 2 fully saturated rings. The number of esters is 5. The fourth-order valence-corrected chi connectivity index (χ4v) is 8.91. The predicted octanol–water partition coefficient (Wildman–Crippen LogP) is 4.89. The standard InChI is InChI=1S/C49H75NO18/c1-15-38-35(25-61-48-47(59-14)46(58-13)44(30(7)62-48)65-32(9)52)22-26(3)20-21-36(54)27(4)23-34(18-17-19-39(56)60-16-2)42(28(5)37(55)24-40(57)67-38)68-49-45(66-33(10)53)41(50(11)12)43(29(6)63-49)64-31(8)51/h17,19-22,24,27-30,34-35,38,41-49,55H,15-16,18,23,25H2,1-14H3/b19-17+,21-20+,26-22+,37-24-/t27-,28+,29+,30-,34+,35-,38-,41-,42-,43+,44-,45+,46-,47-,48-,49-/m1/s1. The van der Waals surface area contributed by atoms with Crippen molar-refractivity contribution in [3.63, 3.8) is 0 Å². The molecule has 3 aliphatic rings. The molecule has 0 bridgehead atoms. The van der Waals surface area contributed by atoms with E-state index in [0.717, 1.165) is 6.08 Å². The minimum atomic E-state index is -1.33. The zero-order valence-electron chi connectivity index (χ0n) is 42.1. The number of ketones is 1. The molecule has 2 saturated heterocycles. The predicted molar refractivity (Wildman–Crippen MR) is 244 cm³/mol. The Hall–Kier alpha value is -4.50. The van der Waals surface area contributed by atoms with Crippen LogP contribution in [0.2, 0.25) is 0 Å². The van der Waals surface area contributed by atoms with Crippen molar-refractivity contribution in [1.29, 1.82) is 0 Å². The van der Waals surface area contributed by atoms with Crippen LogP contribution in [0, 0.1) is 23.7 Å². The van der Waals surface area contributed by atoms with Gasteiger partial charge in [-0.15, -0.1) is 0 Å². The van der Waals surface area contributed by atoms with Gasteiger partial charge in [0.1, 0.15) is 30.2 Å². The molecular weight excluding hydrogens is 891 g/mol. The molecule has 16 atom stereocenters. The number of carbonyl (C=O) groups is 6. The molecule has 19 heteroatoms. The van der Waals surface area contributed by atoms with Gasteiger partial charge in [0.25, 0.3) is 0 Å². The number of aliphatic hydroxyl groups is 1. The van der Waals surface area contributed by atoms with Gasteiger partial charge in [-0.25, -0.2) is 9.59 Å². The third kappa shape index (κ3) is 16.6. The Bertz CT molecular complexity index is 1830. The lowest BCUT2D eigenvalue weighted by molar-refractivity contribution is -0.306. The number of rotatable bonds is 16. The first-order valence-electron chi connectivity index (χ1n) is 23.2. The minimum Gasteiger partial charge on any atom is -0.512 e. The molecule has 19 nitrogen and oxygen atoms in total. The van der Waals surface area contributed by atoms with Crippen molar-refractivity contribution in [2.45, 2.75) is 162 Å². The van der Waals surface area contributed by atoms with Crippen LogP contribution in [0.1, 0.15) is 88.5 Å². The minimum absolute atomic E-state index is 0.0637. The molecule has 0 aromatic rings. The van der Waals surface area contributed by atoms with Gasteiger partial charge < -0.3 is 57.2 Å². The van der Waals surface area contributed by atoms with E-state index in [4.69, 9.17) is 52.1 Å². The van der Waals surface area contributed by atoms with Crippen molar-refractivity contribution in [3.05, 3.63) is 47.8 Å². The largest absolute Gasteiger partial charge is 0.512 e. The van der Waals surface area contributed by atoms with Crippen LogP contribution < -0.4 is 0 Å². The molecule has 0 spiro atoms. The zero-order valence-corrected chi connectivity index (χ0v) is 42.1. The fourth-order valence-electron chi connectivity index (χ4n) is 8.91. The van der Waals surface area contributed by atoms with Crippen LogP contribution in [-0.2, 0) is 80.9 Å². The average Bonchev–Trinajstić information content (AvgIpc) is 3.25. The van der Waals surface area contributed by atoms with E-state index in [1.807, 2.05) is 13.0 Å². The fraction of sp³-hybridized carbons (Fsp3) is 0.714. The van der Waals surface area contributed by atoms with E-state index in [2.05, 4.69) is 0 Å². The van der Waals surface area contributed by atoms with E-state index in [9.17, 15) is 33.9 Å². The Morgan fingerprint density at radius 3 is 1.97 bits per heavy atom. The number of allylic oxidation sites excluding steroid dienone is 4. The summed E-state index contributed by atoms with van der Waals surface area (Å²) in [6, 6.07) is -0.767. The summed E-state index contributed by atoms with van der Waals surface area (Å²) in [6.45, 7) is 15.9. The number of hydrogen-bond acceptors (Lipinski definition) is 19. The van der Waals surface area contributed by atoms with Crippen LogP contribution in [-0.4, -0.2) is 161 Å². The molecule has 3 rings (SSSR count). The number of ether oxygens (including phenoxy) is 11. The summed E-state index contributed by atoms with van der Waals surface area (Å²) < 4.78 is 65.3. The number of hydrogen-bond donors (Lipinski definition) is 1. The van der Waals surface area contributed by atoms with Crippen molar-refractivity contribution in [2.24, 2.45) is 23.7 Å². The number of cyclic esters (lactones) is 1. The molecule has 0 saturated carbocycles. The quantitative estimate of drug-likeness (QED) is 0.123. The van der Waals surface area contributed by atoms with Gasteiger partial charge in [0.2, 0.25) is 0 Å². The van der Waals surface area contributed by atoms with Crippen molar-refractivity contribution >= 4 is 35.6 Å². The first kappa shape index (κ1) is 57.8. The van der Waals surface area contributed by atoms with E-state index < -0.39 is 133 Å². The molecule has 0 unspecified atom stereocenters. The second kappa shape index (κ2) is 27.6.